The number of hydrogen-bond donors (Lipinski definition) is 2. The third kappa shape index (κ3) is 7.69. The van der Waals surface area contributed by atoms with Gasteiger partial charge in [0.2, 0.25) is 5.91 Å². The summed E-state index contributed by atoms with van der Waals surface area (Å²) in [6, 6.07) is 14.6. The van der Waals surface area contributed by atoms with Crippen LogP contribution in [0.1, 0.15) is 12.1 Å². The van der Waals surface area contributed by atoms with Crippen molar-refractivity contribution in [2.75, 3.05) is 50.1 Å². The standard InChI is InChI=1S/C30H31ClN6O4/c1-2-29(38)36-26-17-23-25(18-28(26)40-13-5-10-37-11-14-39-15-12-37)33-20-34-30(23)35-21-7-8-27(24(31)16-21)41-19-22-6-3-4-9-32-22/h2-4,6-9,16-18,20H,1,5,10-15,19H2,(H,36,38)(H,33,34,35). The van der Waals surface area contributed by atoms with Gasteiger partial charge >= 0.3 is 0 Å². The smallest absolute Gasteiger partial charge is 0.247 e. The maximum atomic E-state index is 12.2. The zero-order chi connectivity index (χ0) is 28.4. The van der Waals surface area contributed by atoms with E-state index >= 15 is 0 Å². The number of aromatic nitrogens is 3. The van der Waals surface area contributed by atoms with Gasteiger partial charge in [0.05, 0.1) is 41.7 Å². The van der Waals surface area contributed by atoms with E-state index in [1.165, 1.54) is 12.4 Å². The second kappa shape index (κ2) is 13.9. The zero-order valence-corrected chi connectivity index (χ0v) is 23.3. The number of benzene rings is 2. The molecule has 0 radical (unpaired) electrons. The summed E-state index contributed by atoms with van der Waals surface area (Å²) < 4.78 is 17.3. The van der Waals surface area contributed by atoms with Gasteiger partial charge in [0, 0.05) is 43.0 Å². The quantitative estimate of drug-likeness (QED) is 0.174. The molecule has 1 saturated heterocycles. The van der Waals surface area contributed by atoms with E-state index in [-0.39, 0.29) is 5.91 Å². The Kier molecular flexibility index (Phi) is 9.58. The average Bonchev–Trinajstić information content (AvgIpc) is 3.00. The molecule has 4 aromatic rings. The van der Waals surface area contributed by atoms with Gasteiger partial charge in [-0.3, -0.25) is 14.7 Å². The van der Waals surface area contributed by atoms with Crippen LogP contribution < -0.4 is 20.1 Å². The summed E-state index contributed by atoms with van der Waals surface area (Å²) in [5, 5.41) is 7.28. The molecule has 1 aliphatic rings. The number of morpholine rings is 1. The molecule has 0 spiro atoms. The van der Waals surface area contributed by atoms with Crippen molar-refractivity contribution < 1.29 is 19.0 Å². The molecule has 0 bridgehead atoms. The first-order valence-electron chi connectivity index (χ1n) is 13.3. The minimum Gasteiger partial charge on any atom is -0.491 e. The normalized spacial score (nSPS) is 13.5. The van der Waals surface area contributed by atoms with Crippen molar-refractivity contribution in [1.29, 1.82) is 0 Å². The summed E-state index contributed by atoms with van der Waals surface area (Å²) in [5.41, 5.74) is 2.67. The molecule has 212 valence electrons. The lowest BCUT2D eigenvalue weighted by Crippen LogP contribution is -2.37. The van der Waals surface area contributed by atoms with Crippen LogP contribution in [0.5, 0.6) is 11.5 Å². The summed E-state index contributed by atoms with van der Waals surface area (Å²) in [7, 11) is 0. The number of amides is 1. The Morgan fingerprint density at radius 1 is 1.07 bits per heavy atom. The van der Waals surface area contributed by atoms with Gasteiger partial charge < -0.3 is 24.8 Å². The fraction of sp³-hybridized carbons (Fsp3) is 0.267. The molecule has 10 nitrogen and oxygen atoms in total. The molecule has 3 heterocycles. The molecular weight excluding hydrogens is 544 g/mol. The molecule has 2 aromatic heterocycles. The SMILES string of the molecule is C=CC(=O)Nc1cc2c(Nc3ccc(OCc4ccccn4)c(Cl)c3)ncnc2cc1OCCCN1CCOCC1. The number of nitrogens with one attached hydrogen (secondary N) is 2. The lowest BCUT2D eigenvalue weighted by Gasteiger charge is -2.26. The third-order valence-corrected chi connectivity index (χ3v) is 6.75. The lowest BCUT2D eigenvalue weighted by atomic mass is 10.1. The Morgan fingerprint density at radius 2 is 1.95 bits per heavy atom. The van der Waals surface area contributed by atoms with Crippen molar-refractivity contribution in [3.63, 3.8) is 0 Å². The van der Waals surface area contributed by atoms with Crippen molar-refractivity contribution >= 4 is 45.6 Å². The monoisotopic (exact) mass is 574 g/mol. The van der Waals surface area contributed by atoms with Crippen molar-refractivity contribution in [3.05, 3.63) is 84.4 Å². The summed E-state index contributed by atoms with van der Waals surface area (Å²) in [6.45, 7) is 8.64. The first-order valence-corrected chi connectivity index (χ1v) is 13.7. The molecule has 0 atom stereocenters. The largest absolute Gasteiger partial charge is 0.491 e. The van der Waals surface area contributed by atoms with Gasteiger partial charge in [0.1, 0.15) is 30.3 Å². The highest BCUT2D eigenvalue weighted by atomic mass is 35.5. The number of nitrogens with zero attached hydrogens (tertiary/aromatic N) is 4. The van der Waals surface area contributed by atoms with Crippen LogP contribution in [0.25, 0.3) is 10.9 Å². The van der Waals surface area contributed by atoms with Crippen molar-refractivity contribution in [2.24, 2.45) is 0 Å². The second-order valence-corrected chi connectivity index (χ2v) is 9.72. The fourth-order valence-corrected chi connectivity index (χ4v) is 4.58. The Balaban J connectivity index is 1.31. The second-order valence-electron chi connectivity index (χ2n) is 9.32. The van der Waals surface area contributed by atoms with Crippen molar-refractivity contribution in [1.82, 2.24) is 19.9 Å². The first-order chi connectivity index (χ1) is 20.1. The Labute approximate surface area is 243 Å². The molecular formula is C30H31ClN6O4. The molecule has 1 amide bonds. The molecule has 11 heteroatoms. The van der Waals surface area contributed by atoms with Crippen LogP contribution in [0.3, 0.4) is 0 Å². The van der Waals surface area contributed by atoms with Gasteiger partial charge in [0.15, 0.2) is 0 Å². The van der Waals surface area contributed by atoms with Gasteiger partial charge in [-0.15, -0.1) is 0 Å². The third-order valence-electron chi connectivity index (χ3n) is 6.46. The predicted octanol–water partition coefficient (Wildman–Crippen LogP) is 5.23. The van der Waals surface area contributed by atoms with E-state index in [0.29, 0.717) is 57.8 Å². The fourth-order valence-electron chi connectivity index (χ4n) is 4.35. The van der Waals surface area contributed by atoms with E-state index in [1.54, 1.807) is 30.5 Å². The predicted molar refractivity (Wildman–Crippen MR) is 159 cm³/mol. The van der Waals surface area contributed by atoms with Crippen LogP contribution in [0, 0.1) is 0 Å². The number of anilines is 3. The Morgan fingerprint density at radius 3 is 2.73 bits per heavy atom. The van der Waals surface area contributed by atoms with E-state index in [9.17, 15) is 4.79 Å². The highest BCUT2D eigenvalue weighted by Crippen LogP contribution is 2.35. The minimum atomic E-state index is -0.345. The van der Waals surface area contributed by atoms with Gasteiger partial charge in [-0.05, 0) is 48.9 Å². The molecule has 0 saturated carbocycles. The van der Waals surface area contributed by atoms with E-state index in [0.717, 1.165) is 45.0 Å². The molecule has 0 unspecified atom stereocenters. The summed E-state index contributed by atoms with van der Waals surface area (Å²) >= 11 is 6.51. The summed E-state index contributed by atoms with van der Waals surface area (Å²) in [4.78, 5) is 27.7. The molecule has 5 rings (SSSR count). The van der Waals surface area contributed by atoms with Gasteiger partial charge in [-0.1, -0.05) is 24.2 Å². The van der Waals surface area contributed by atoms with Crippen LogP contribution in [-0.2, 0) is 16.1 Å². The van der Waals surface area contributed by atoms with E-state index in [4.69, 9.17) is 25.8 Å². The Hall–Kier alpha value is -4.25. The number of pyridine rings is 1. The molecule has 41 heavy (non-hydrogen) atoms. The van der Waals surface area contributed by atoms with Crippen LogP contribution >= 0.6 is 11.6 Å². The van der Waals surface area contributed by atoms with Crippen LogP contribution in [0.4, 0.5) is 17.2 Å². The van der Waals surface area contributed by atoms with E-state index in [2.05, 4.69) is 37.1 Å². The van der Waals surface area contributed by atoms with Crippen molar-refractivity contribution in [3.8, 4) is 11.5 Å². The number of halogens is 1. The maximum Gasteiger partial charge on any atom is 0.247 e. The van der Waals surface area contributed by atoms with Gasteiger partial charge in [-0.25, -0.2) is 9.97 Å². The molecule has 0 aliphatic carbocycles. The topological polar surface area (TPSA) is 111 Å². The minimum absolute atomic E-state index is 0.306. The number of carbonyl (C=O) groups is 1. The van der Waals surface area contributed by atoms with Crippen LogP contribution in [0.2, 0.25) is 5.02 Å². The molecule has 1 fully saturated rings. The first kappa shape index (κ1) is 28.3. The number of rotatable bonds is 12. The van der Waals surface area contributed by atoms with Gasteiger partial charge in [-0.2, -0.15) is 0 Å². The number of carbonyl (C=O) groups excluding carboxylic acids is 1. The number of ether oxygens (including phenoxy) is 3. The molecule has 1 aliphatic heterocycles. The Bertz CT molecular complexity index is 1500. The van der Waals surface area contributed by atoms with E-state index in [1.807, 2.05) is 24.3 Å². The maximum absolute atomic E-state index is 12.2. The number of fused-ring (bicyclic) bond motifs is 1. The molecule has 2 N–H and O–H groups in total. The summed E-state index contributed by atoms with van der Waals surface area (Å²) in [5.74, 6) is 1.26. The average molecular weight is 575 g/mol. The molecule has 2 aromatic carbocycles. The number of hydrogen-bond acceptors (Lipinski definition) is 9. The van der Waals surface area contributed by atoms with E-state index < -0.39 is 0 Å². The highest BCUT2D eigenvalue weighted by Gasteiger charge is 2.15. The summed E-state index contributed by atoms with van der Waals surface area (Å²) in [6.07, 6.45) is 5.24. The highest BCUT2D eigenvalue weighted by molar-refractivity contribution is 6.32. The lowest BCUT2D eigenvalue weighted by molar-refractivity contribution is -0.111. The van der Waals surface area contributed by atoms with Crippen LogP contribution in [-0.4, -0.2) is 65.2 Å². The van der Waals surface area contributed by atoms with Crippen LogP contribution in [0.15, 0.2) is 73.7 Å². The zero-order valence-electron chi connectivity index (χ0n) is 22.5. The van der Waals surface area contributed by atoms with Gasteiger partial charge in [0.25, 0.3) is 0 Å². The van der Waals surface area contributed by atoms with Crippen molar-refractivity contribution in [2.45, 2.75) is 13.0 Å².